The van der Waals surface area contributed by atoms with E-state index < -0.39 is 17.0 Å². The van der Waals surface area contributed by atoms with E-state index in [0.29, 0.717) is 24.7 Å². The van der Waals surface area contributed by atoms with Crippen molar-refractivity contribution < 1.29 is 27.4 Å². The molecule has 32 heavy (non-hydrogen) atoms. The van der Waals surface area contributed by atoms with Crippen LogP contribution in [0.15, 0.2) is 0 Å². The van der Waals surface area contributed by atoms with Crippen LogP contribution in [-0.2, 0) is 27.4 Å². The van der Waals surface area contributed by atoms with Gasteiger partial charge in [-0.15, -0.1) is 0 Å². The molecular formula is C24H44O6P2. The van der Waals surface area contributed by atoms with E-state index in [-0.39, 0.29) is 11.5 Å². The molecule has 0 amide bonds. The van der Waals surface area contributed by atoms with E-state index in [1.165, 1.54) is 38.5 Å². The van der Waals surface area contributed by atoms with Gasteiger partial charge in [0.05, 0.1) is 38.6 Å². The summed E-state index contributed by atoms with van der Waals surface area (Å²) in [6.45, 7) is 9.88. The molecule has 0 aromatic heterocycles. The van der Waals surface area contributed by atoms with Gasteiger partial charge >= 0.3 is 8.60 Å². The van der Waals surface area contributed by atoms with Crippen molar-refractivity contribution in [3.05, 3.63) is 0 Å². The minimum absolute atomic E-state index is 0.0439. The first-order chi connectivity index (χ1) is 15.4. The molecular weight excluding hydrogens is 446 g/mol. The Morgan fingerprint density at radius 1 is 0.750 bits per heavy atom. The molecule has 1 spiro atoms. The Labute approximate surface area is 197 Å². The summed E-state index contributed by atoms with van der Waals surface area (Å²) in [5.74, 6) is 1.61. The van der Waals surface area contributed by atoms with E-state index in [0.717, 1.165) is 50.7 Å². The van der Waals surface area contributed by atoms with Crippen LogP contribution in [-0.4, -0.2) is 52.4 Å². The Kier molecular flexibility index (Phi) is 9.29. The van der Waals surface area contributed by atoms with E-state index in [4.69, 9.17) is 27.4 Å². The molecule has 4 rings (SSSR count). The molecule has 2 aliphatic heterocycles. The van der Waals surface area contributed by atoms with Gasteiger partial charge in [-0.2, -0.15) is 0 Å². The van der Waals surface area contributed by atoms with Crippen molar-refractivity contribution in [2.45, 2.75) is 90.3 Å². The standard InChI is InChI=1S/C24H44O6P2/c1-23(2,19-5-9-21(25-3)10-6-19)20-7-11-22(12-8-20)30-32-26-15-13-24(14-16-27-32)17-28-31(4)29-18-24/h19-22H,5-18H2,1-4H3. The summed E-state index contributed by atoms with van der Waals surface area (Å²) in [7, 11) is -0.0825. The van der Waals surface area contributed by atoms with Gasteiger partial charge < -0.3 is 27.4 Å². The van der Waals surface area contributed by atoms with Crippen LogP contribution < -0.4 is 0 Å². The number of rotatable bonds is 5. The summed E-state index contributed by atoms with van der Waals surface area (Å²) in [4.78, 5) is 0. The van der Waals surface area contributed by atoms with Crippen LogP contribution in [0.2, 0.25) is 0 Å². The number of methoxy groups -OCH3 is 1. The Morgan fingerprint density at radius 2 is 1.25 bits per heavy atom. The number of hydrogen-bond acceptors (Lipinski definition) is 6. The highest BCUT2D eigenvalue weighted by atomic mass is 31.2. The fourth-order valence-electron chi connectivity index (χ4n) is 6.13. The monoisotopic (exact) mass is 490 g/mol. The highest BCUT2D eigenvalue weighted by Gasteiger charge is 2.42. The smallest absolute Gasteiger partial charge is 0.332 e. The maximum atomic E-state index is 6.34. The van der Waals surface area contributed by atoms with E-state index in [1.807, 2.05) is 13.8 Å². The molecule has 186 valence electrons. The zero-order valence-corrected chi connectivity index (χ0v) is 22.3. The molecule has 0 atom stereocenters. The number of hydrogen-bond donors (Lipinski definition) is 0. The van der Waals surface area contributed by atoms with Gasteiger partial charge in [-0.05, 0) is 81.5 Å². The molecule has 4 fully saturated rings. The molecule has 0 radical (unpaired) electrons. The average molecular weight is 491 g/mol. The lowest BCUT2D eigenvalue weighted by Crippen LogP contribution is -2.39. The van der Waals surface area contributed by atoms with Crippen molar-refractivity contribution in [1.29, 1.82) is 0 Å². The molecule has 6 nitrogen and oxygen atoms in total. The quantitative estimate of drug-likeness (QED) is 0.394. The van der Waals surface area contributed by atoms with Gasteiger partial charge in [0.2, 0.25) is 0 Å². The second kappa shape index (κ2) is 11.6. The predicted molar refractivity (Wildman–Crippen MR) is 129 cm³/mol. The third kappa shape index (κ3) is 6.43. The van der Waals surface area contributed by atoms with Crippen LogP contribution in [0, 0.1) is 22.7 Å². The third-order valence-corrected chi connectivity index (χ3v) is 11.0. The van der Waals surface area contributed by atoms with Gasteiger partial charge in [0.15, 0.2) is 8.38 Å². The molecule has 2 aliphatic carbocycles. The second-order valence-electron chi connectivity index (χ2n) is 11.0. The topological polar surface area (TPSA) is 55.4 Å². The summed E-state index contributed by atoms with van der Waals surface area (Å²) in [5.41, 5.74) is 0.446. The summed E-state index contributed by atoms with van der Waals surface area (Å²) < 4.78 is 35.6. The Hall–Kier alpha value is 0.620. The SMILES string of the molecule is COC1CCC(C(C)(C)C2CCC(OP3OCCC4(CCO3)COP(C)OC4)CC2)CC1. The van der Waals surface area contributed by atoms with Crippen LogP contribution >= 0.6 is 17.0 Å². The molecule has 2 saturated heterocycles. The van der Waals surface area contributed by atoms with Gasteiger partial charge in [-0.25, -0.2) is 0 Å². The van der Waals surface area contributed by atoms with Crippen LogP contribution in [0.4, 0.5) is 0 Å². The molecule has 2 saturated carbocycles. The molecule has 0 N–H and O–H groups in total. The second-order valence-corrected chi connectivity index (χ2v) is 13.6. The molecule has 0 bridgehead atoms. The lowest BCUT2D eigenvalue weighted by atomic mass is 9.60. The van der Waals surface area contributed by atoms with E-state index >= 15 is 0 Å². The van der Waals surface area contributed by atoms with Crippen molar-refractivity contribution in [3.8, 4) is 0 Å². The van der Waals surface area contributed by atoms with Crippen molar-refractivity contribution in [3.63, 3.8) is 0 Å². The maximum absolute atomic E-state index is 6.34. The van der Waals surface area contributed by atoms with Crippen molar-refractivity contribution in [2.75, 3.05) is 40.2 Å². The van der Waals surface area contributed by atoms with Crippen molar-refractivity contribution in [1.82, 2.24) is 0 Å². The fourth-order valence-corrected chi connectivity index (χ4v) is 8.25. The zero-order valence-electron chi connectivity index (χ0n) is 20.6. The molecule has 2 heterocycles. The Bertz CT molecular complexity index is 555. The first-order valence-electron chi connectivity index (χ1n) is 12.7. The summed E-state index contributed by atoms with van der Waals surface area (Å²) in [6.07, 6.45) is 12.5. The van der Waals surface area contributed by atoms with Gasteiger partial charge in [0.1, 0.15) is 0 Å². The summed E-state index contributed by atoms with van der Waals surface area (Å²) in [6, 6.07) is 0. The molecule has 0 aromatic rings. The summed E-state index contributed by atoms with van der Waals surface area (Å²) >= 11 is 0. The average Bonchev–Trinajstić information content (AvgIpc) is 2.80. The van der Waals surface area contributed by atoms with Gasteiger partial charge in [-0.1, -0.05) is 13.8 Å². The van der Waals surface area contributed by atoms with Gasteiger partial charge in [0, 0.05) is 19.2 Å². The number of ether oxygens (including phenoxy) is 1. The molecule has 0 aromatic carbocycles. The van der Waals surface area contributed by atoms with E-state index in [1.54, 1.807) is 0 Å². The van der Waals surface area contributed by atoms with Crippen molar-refractivity contribution >= 4 is 17.0 Å². The van der Waals surface area contributed by atoms with Crippen LogP contribution in [0.5, 0.6) is 0 Å². The first kappa shape index (κ1) is 25.7. The third-order valence-electron chi connectivity index (χ3n) is 8.78. The fraction of sp³-hybridized carbons (Fsp3) is 1.00. The molecule has 8 heteroatoms. The minimum atomic E-state index is -1.24. The Balaban J connectivity index is 1.19. The molecule has 0 unspecified atom stereocenters. The van der Waals surface area contributed by atoms with Crippen LogP contribution in [0.3, 0.4) is 0 Å². The summed E-state index contributed by atoms with van der Waals surface area (Å²) in [5, 5.41) is 0. The lowest BCUT2D eigenvalue weighted by molar-refractivity contribution is -0.0224. The van der Waals surface area contributed by atoms with E-state index in [2.05, 4.69) is 13.8 Å². The van der Waals surface area contributed by atoms with E-state index in [9.17, 15) is 0 Å². The predicted octanol–water partition coefficient (Wildman–Crippen LogP) is 6.82. The highest BCUT2D eigenvalue weighted by molar-refractivity contribution is 7.46. The molecule has 4 aliphatic rings. The van der Waals surface area contributed by atoms with Crippen molar-refractivity contribution in [2.24, 2.45) is 22.7 Å². The first-order valence-corrected chi connectivity index (χ1v) is 15.4. The maximum Gasteiger partial charge on any atom is 0.332 e. The largest absolute Gasteiger partial charge is 0.381 e. The zero-order chi connectivity index (χ0) is 22.6. The van der Waals surface area contributed by atoms with Gasteiger partial charge in [-0.3, -0.25) is 0 Å². The van der Waals surface area contributed by atoms with Gasteiger partial charge in [0.25, 0.3) is 0 Å². The normalized spacial score (nSPS) is 42.4. The minimum Gasteiger partial charge on any atom is -0.381 e. The Morgan fingerprint density at radius 3 is 1.75 bits per heavy atom. The lowest BCUT2D eigenvalue weighted by Gasteiger charge is -2.46. The highest BCUT2D eigenvalue weighted by Crippen LogP contribution is 2.53. The van der Waals surface area contributed by atoms with Crippen LogP contribution in [0.25, 0.3) is 0 Å². The van der Waals surface area contributed by atoms with Crippen LogP contribution in [0.1, 0.15) is 78.1 Å².